The molecule has 1 aromatic carbocycles. The largest absolute Gasteiger partial charge is 0.497 e. The van der Waals surface area contributed by atoms with Crippen LogP contribution < -0.4 is 4.74 Å². The molecule has 0 aromatic heterocycles. The van der Waals surface area contributed by atoms with Crippen molar-refractivity contribution in [3.63, 3.8) is 0 Å². The lowest BCUT2D eigenvalue weighted by Gasteiger charge is -2.31. The van der Waals surface area contributed by atoms with E-state index in [-0.39, 0.29) is 18.2 Å². The molecule has 1 saturated heterocycles. The third-order valence-corrected chi connectivity index (χ3v) is 4.05. The maximum Gasteiger partial charge on any atom is 0.410 e. The van der Waals surface area contributed by atoms with E-state index in [2.05, 4.69) is 0 Å². The fraction of sp³-hybridized carbons (Fsp3) is 0.588. The second-order valence-corrected chi connectivity index (χ2v) is 5.43. The molecule has 1 fully saturated rings. The van der Waals surface area contributed by atoms with Gasteiger partial charge in [0, 0.05) is 19.4 Å². The summed E-state index contributed by atoms with van der Waals surface area (Å²) < 4.78 is 16.2. The summed E-state index contributed by atoms with van der Waals surface area (Å²) in [6.07, 6.45) is 1.26. The second-order valence-electron chi connectivity index (χ2n) is 5.43. The molecule has 2 rings (SSSR count). The average molecular weight is 307 g/mol. The second kappa shape index (κ2) is 8.03. The number of hydrogen-bond acceptors (Lipinski definition) is 4. The summed E-state index contributed by atoms with van der Waals surface area (Å²) in [5, 5.41) is 0. The van der Waals surface area contributed by atoms with Crippen LogP contribution in [0.25, 0.3) is 0 Å². The molecule has 22 heavy (non-hydrogen) atoms. The van der Waals surface area contributed by atoms with Crippen molar-refractivity contribution in [2.75, 3.05) is 26.9 Å². The molecule has 5 nitrogen and oxygen atoms in total. The van der Waals surface area contributed by atoms with Crippen LogP contribution in [-0.4, -0.2) is 44.0 Å². The van der Waals surface area contributed by atoms with Gasteiger partial charge in [0.1, 0.15) is 11.9 Å². The van der Waals surface area contributed by atoms with Crippen molar-refractivity contribution in [3.8, 4) is 5.75 Å². The zero-order valence-corrected chi connectivity index (χ0v) is 13.6. The topological polar surface area (TPSA) is 48.0 Å². The summed E-state index contributed by atoms with van der Waals surface area (Å²) in [6.45, 7) is 5.89. The van der Waals surface area contributed by atoms with E-state index in [0.717, 1.165) is 24.2 Å². The number of carbonyl (C=O) groups excluding carboxylic acids is 1. The molecule has 122 valence electrons. The Morgan fingerprint density at radius 1 is 1.41 bits per heavy atom. The van der Waals surface area contributed by atoms with Crippen LogP contribution in [-0.2, 0) is 9.47 Å². The van der Waals surface area contributed by atoms with Gasteiger partial charge < -0.3 is 19.1 Å². The fourth-order valence-corrected chi connectivity index (χ4v) is 2.65. The van der Waals surface area contributed by atoms with E-state index in [9.17, 15) is 4.79 Å². The molecule has 0 spiro atoms. The van der Waals surface area contributed by atoms with Crippen LogP contribution in [0.1, 0.15) is 38.3 Å². The smallest absolute Gasteiger partial charge is 0.410 e. The molecule has 1 aliphatic heterocycles. The minimum atomic E-state index is -0.260. The lowest BCUT2D eigenvalue weighted by atomic mass is 10.1. The number of hydrogen-bond donors (Lipinski definition) is 0. The van der Waals surface area contributed by atoms with E-state index < -0.39 is 0 Å². The van der Waals surface area contributed by atoms with Gasteiger partial charge >= 0.3 is 6.09 Å². The summed E-state index contributed by atoms with van der Waals surface area (Å²) in [6, 6.07) is 7.72. The van der Waals surface area contributed by atoms with Crippen LogP contribution in [0.5, 0.6) is 5.75 Å². The lowest BCUT2D eigenvalue weighted by molar-refractivity contribution is -0.0131. The minimum Gasteiger partial charge on any atom is -0.497 e. The molecule has 1 amide bonds. The number of ether oxygens (including phenoxy) is 3. The standard InChI is InChI=1S/C17H25NO4/c1-4-18(17(19)22-15-8-10-21-11-9-15)13(2)14-6-5-7-16(12-14)20-3/h5-7,12-13,15H,4,8-11H2,1-3H3/t13-/m1/s1. The Bertz CT molecular complexity index is 485. The molecule has 0 unspecified atom stereocenters. The first-order chi connectivity index (χ1) is 10.7. The van der Waals surface area contributed by atoms with Crippen LogP contribution in [0.4, 0.5) is 4.79 Å². The Balaban J connectivity index is 2.03. The Morgan fingerprint density at radius 2 is 2.14 bits per heavy atom. The van der Waals surface area contributed by atoms with E-state index in [0.29, 0.717) is 19.8 Å². The first-order valence-electron chi connectivity index (χ1n) is 7.84. The zero-order valence-electron chi connectivity index (χ0n) is 13.6. The van der Waals surface area contributed by atoms with Gasteiger partial charge in [-0.3, -0.25) is 0 Å². The minimum absolute atomic E-state index is 0.0344. The van der Waals surface area contributed by atoms with E-state index >= 15 is 0 Å². The Hall–Kier alpha value is -1.75. The predicted octanol–water partition coefficient (Wildman–Crippen LogP) is 3.39. The zero-order chi connectivity index (χ0) is 15.9. The average Bonchev–Trinajstić information content (AvgIpc) is 2.56. The highest BCUT2D eigenvalue weighted by atomic mass is 16.6. The van der Waals surface area contributed by atoms with Crippen molar-refractivity contribution in [2.24, 2.45) is 0 Å². The number of nitrogens with zero attached hydrogens (tertiary/aromatic N) is 1. The molecule has 5 heteroatoms. The maximum absolute atomic E-state index is 12.4. The number of amides is 1. The van der Waals surface area contributed by atoms with Crippen molar-refractivity contribution in [2.45, 2.75) is 38.8 Å². The number of carbonyl (C=O) groups is 1. The summed E-state index contributed by atoms with van der Waals surface area (Å²) in [4.78, 5) is 14.2. The van der Waals surface area contributed by atoms with Gasteiger partial charge in [-0.1, -0.05) is 12.1 Å². The molecule has 0 aliphatic carbocycles. The molecule has 0 saturated carbocycles. The Labute approximate surface area is 132 Å². The van der Waals surface area contributed by atoms with Gasteiger partial charge in [0.2, 0.25) is 0 Å². The van der Waals surface area contributed by atoms with E-state index in [4.69, 9.17) is 14.2 Å². The SMILES string of the molecule is CCN(C(=O)OC1CCOCC1)[C@H](C)c1cccc(OC)c1. The van der Waals surface area contributed by atoms with Gasteiger partial charge in [-0.25, -0.2) is 4.79 Å². The number of rotatable bonds is 5. The summed E-state index contributed by atoms with van der Waals surface area (Å²) in [5.41, 5.74) is 1.03. The first-order valence-corrected chi connectivity index (χ1v) is 7.84. The van der Waals surface area contributed by atoms with Gasteiger partial charge in [-0.15, -0.1) is 0 Å². The predicted molar refractivity (Wildman–Crippen MR) is 84.1 cm³/mol. The Kier molecular flexibility index (Phi) is 6.07. The maximum atomic E-state index is 12.4. The molecular weight excluding hydrogens is 282 g/mol. The molecule has 1 aromatic rings. The van der Waals surface area contributed by atoms with Crippen molar-refractivity contribution in [3.05, 3.63) is 29.8 Å². The molecule has 0 N–H and O–H groups in total. The van der Waals surface area contributed by atoms with Crippen LogP contribution in [0.3, 0.4) is 0 Å². The monoisotopic (exact) mass is 307 g/mol. The van der Waals surface area contributed by atoms with Gasteiger partial charge in [0.15, 0.2) is 0 Å². The molecule has 1 heterocycles. The van der Waals surface area contributed by atoms with Crippen molar-refractivity contribution >= 4 is 6.09 Å². The van der Waals surface area contributed by atoms with Crippen molar-refractivity contribution < 1.29 is 19.0 Å². The molecule has 1 atom stereocenters. The number of benzene rings is 1. The van der Waals surface area contributed by atoms with Gasteiger partial charge in [-0.2, -0.15) is 0 Å². The van der Waals surface area contributed by atoms with Crippen LogP contribution >= 0.6 is 0 Å². The molecular formula is C17H25NO4. The summed E-state index contributed by atoms with van der Waals surface area (Å²) in [5.74, 6) is 0.790. The highest BCUT2D eigenvalue weighted by Crippen LogP contribution is 2.25. The highest BCUT2D eigenvalue weighted by molar-refractivity contribution is 5.68. The van der Waals surface area contributed by atoms with Gasteiger partial charge in [0.25, 0.3) is 0 Å². The van der Waals surface area contributed by atoms with Crippen LogP contribution in [0.2, 0.25) is 0 Å². The van der Waals surface area contributed by atoms with E-state index in [1.165, 1.54) is 0 Å². The molecule has 0 radical (unpaired) electrons. The van der Waals surface area contributed by atoms with Crippen LogP contribution in [0, 0.1) is 0 Å². The first kappa shape index (κ1) is 16.6. The quantitative estimate of drug-likeness (QED) is 0.836. The lowest BCUT2D eigenvalue weighted by Crippen LogP contribution is -2.37. The molecule has 0 bridgehead atoms. The van der Waals surface area contributed by atoms with Gasteiger partial charge in [0.05, 0.1) is 26.4 Å². The fourth-order valence-electron chi connectivity index (χ4n) is 2.65. The van der Waals surface area contributed by atoms with Crippen molar-refractivity contribution in [1.29, 1.82) is 0 Å². The third kappa shape index (κ3) is 4.13. The Morgan fingerprint density at radius 3 is 2.77 bits per heavy atom. The normalized spacial score (nSPS) is 16.9. The molecule has 1 aliphatic rings. The van der Waals surface area contributed by atoms with Gasteiger partial charge in [-0.05, 0) is 31.5 Å². The summed E-state index contributed by atoms with van der Waals surface area (Å²) >= 11 is 0. The van der Waals surface area contributed by atoms with E-state index in [1.54, 1.807) is 12.0 Å². The third-order valence-electron chi connectivity index (χ3n) is 4.05. The van der Waals surface area contributed by atoms with Crippen LogP contribution in [0.15, 0.2) is 24.3 Å². The highest BCUT2D eigenvalue weighted by Gasteiger charge is 2.25. The number of methoxy groups -OCH3 is 1. The summed E-state index contributed by atoms with van der Waals surface area (Å²) in [7, 11) is 1.64. The van der Waals surface area contributed by atoms with E-state index in [1.807, 2.05) is 38.1 Å². The van der Waals surface area contributed by atoms with Crippen molar-refractivity contribution in [1.82, 2.24) is 4.90 Å².